The lowest BCUT2D eigenvalue weighted by molar-refractivity contribution is -0.492. The van der Waals surface area contributed by atoms with Crippen molar-refractivity contribution in [2.24, 2.45) is 5.10 Å². The molecule has 3 aromatic rings. The van der Waals surface area contributed by atoms with Gasteiger partial charge in [-0.05, 0) is 46.7 Å². The van der Waals surface area contributed by atoms with E-state index in [-0.39, 0.29) is 17.4 Å². The molecule has 6 nitrogen and oxygen atoms in total. The molecule has 0 saturated heterocycles. The van der Waals surface area contributed by atoms with Crippen molar-refractivity contribution in [1.82, 2.24) is 10.5 Å². The van der Waals surface area contributed by atoms with E-state index in [0.29, 0.717) is 17.5 Å². The van der Waals surface area contributed by atoms with Crippen LogP contribution in [0.15, 0.2) is 68.9 Å². The maximum absolute atomic E-state index is 12.2. The van der Waals surface area contributed by atoms with E-state index in [2.05, 4.69) is 27.3 Å². The Morgan fingerprint density at radius 2 is 2.06 bits per heavy atom. The van der Waals surface area contributed by atoms with Crippen molar-refractivity contribution < 1.29 is 15.0 Å². The molecule has 0 saturated carbocycles. The minimum absolute atomic E-state index is 0.116. The smallest absolute Gasteiger partial charge is 0.323 e. The van der Waals surface area contributed by atoms with Crippen molar-refractivity contribution >= 4 is 58.6 Å². The molecule has 2 N–H and O–H groups in total. The number of carbonyl (C=O) groups is 1. The fourth-order valence-corrected chi connectivity index (χ4v) is 5.63. The Morgan fingerprint density at radius 3 is 2.87 bits per heavy atom. The topological polar surface area (TPSA) is 91.6 Å². The number of hydrogen-bond donors (Lipinski definition) is 1. The van der Waals surface area contributed by atoms with Gasteiger partial charge >= 0.3 is 4.34 Å². The number of nitrogens with one attached hydrogen (secondary N) is 2. The lowest BCUT2D eigenvalue weighted by Crippen LogP contribution is -2.19. The maximum Gasteiger partial charge on any atom is 0.323 e. The number of para-hydroxylation sites is 1. The van der Waals surface area contributed by atoms with E-state index < -0.39 is 0 Å². The minimum atomic E-state index is -0.281. The summed E-state index contributed by atoms with van der Waals surface area (Å²) < 4.78 is 1.68. The number of aromatic nitrogens is 2. The molecule has 160 valence electrons. The van der Waals surface area contributed by atoms with Gasteiger partial charge in [-0.1, -0.05) is 82.2 Å². The quantitative estimate of drug-likeness (QED) is 0.201. The van der Waals surface area contributed by atoms with E-state index in [1.54, 1.807) is 36.0 Å². The molecule has 0 aliphatic heterocycles. The fraction of sp³-hybridized carbons (Fsp3) is 0.143. The zero-order valence-corrected chi connectivity index (χ0v) is 19.5. The third kappa shape index (κ3) is 7.10. The first-order valence-corrected chi connectivity index (χ1v) is 12.3. The average Bonchev–Trinajstić information content (AvgIpc) is 3.22. The van der Waals surface area contributed by atoms with Crippen LogP contribution in [0.3, 0.4) is 0 Å². The number of thioether (sulfide) groups is 2. The molecule has 0 aliphatic rings. The highest BCUT2D eigenvalue weighted by Gasteiger charge is 2.14. The number of H-pyrrole nitrogens is 1. The highest BCUT2D eigenvalue weighted by Crippen LogP contribution is 2.30. The van der Waals surface area contributed by atoms with Gasteiger partial charge in [-0.15, -0.1) is 6.58 Å². The molecule has 0 fully saturated rings. The second-order valence-electron chi connectivity index (χ2n) is 6.17. The predicted octanol–water partition coefficient (Wildman–Crippen LogP) is 3.95. The summed E-state index contributed by atoms with van der Waals surface area (Å²) in [6, 6.07) is 12.9. The minimum Gasteiger partial charge on any atom is -0.872 e. The first kappa shape index (κ1) is 23.3. The zero-order valence-electron chi connectivity index (χ0n) is 16.3. The van der Waals surface area contributed by atoms with Crippen LogP contribution in [0.1, 0.15) is 16.7 Å². The van der Waals surface area contributed by atoms with Crippen LogP contribution in [0, 0.1) is 0 Å². The molecule has 31 heavy (non-hydrogen) atoms. The molecule has 0 aliphatic carbocycles. The van der Waals surface area contributed by atoms with E-state index in [1.165, 1.54) is 29.3 Å². The van der Waals surface area contributed by atoms with Crippen LogP contribution in [0.4, 0.5) is 0 Å². The Kier molecular flexibility index (Phi) is 8.96. The predicted molar refractivity (Wildman–Crippen MR) is 126 cm³/mol. The fourth-order valence-electron chi connectivity index (χ4n) is 2.45. The van der Waals surface area contributed by atoms with Crippen molar-refractivity contribution in [3.8, 4) is 5.75 Å². The molecule has 3 rings (SSSR count). The van der Waals surface area contributed by atoms with Crippen molar-refractivity contribution in [1.29, 1.82) is 0 Å². The summed E-state index contributed by atoms with van der Waals surface area (Å²) in [5.41, 5.74) is 4.55. The normalized spacial score (nSPS) is 11.0. The number of halogens is 1. The van der Waals surface area contributed by atoms with Crippen LogP contribution in [-0.2, 0) is 17.0 Å². The van der Waals surface area contributed by atoms with Gasteiger partial charge in [-0.25, -0.2) is 5.43 Å². The summed E-state index contributed by atoms with van der Waals surface area (Å²) in [7, 11) is 0. The molecule has 10 heteroatoms. The number of benzene rings is 2. The van der Waals surface area contributed by atoms with Gasteiger partial charge in [0, 0.05) is 15.9 Å². The third-order valence-electron chi connectivity index (χ3n) is 3.95. The van der Waals surface area contributed by atoms with Gasteiger partial charge in [-0.3, -0.25) is 4.79 Å². The molecule has 0 spiro atoms. The standard InChI is InChI=1S/C21H19ClN4O2S3/c1-2-6-14-8-5-9-15(19(14)28)11-23-24-18(27)13-30-21-26-25-20(31-21)29-12-16-7-3-4-10-17(16)22/h2-5,7-11,28H,1,6,12-13H2,(H,24,27)/b23-11+. The van der Waals surface area contributed by atoms with Gasteiger partial charge in [0.2, 0.25) is 4.34 Å². The summed E-state index contributed by atoms with van der Waals surface area (Å²) in [4.78, 5) is 12.0. The SMILES string of the molecule is C=CCc1cccc(/C=N/NC(=O)CSc2n[nH+]c(SCc3ccccc3Cl)s2)c1[O-]. The number of amides is 1. The number of aromatic amines is 1. The summed E-state index contributed by atoms with van der Waals surface area (Å²) in [5.74, 6) is 0.493. The van der Waals surface area contributed by atoms with Gasteiger partial charge in [0.1, 0.15) is 0 Å². The molecule has 0 unspecified atom stereocenters. The Balaban J connectivity index is 1.45. The first-order chi connectivity index (χ1) is 15.1. The Bertz CT molecular complexity index is 1090. The highest BCUT2D eigenvalue weighted by atomic mass is 35.5. The maximum atomic E-state index is 12.2. The third-order valence-corrected chi connectivity index (χ3v) is 7.62. The van der Waals surface area contributed by atoms with E-state index in [4.69, 9.17) is 11.6 Å². The molecule has 1 amide bonds. The van der Waals surface area contributed by atoms with Gasteiger partial charge in [-0.2, -0.15) is 5.10 Å². The number of rotatable bonds is 10. The number of hydrazone groups is 1. The van der Waals surface area contributed by atoms with Crippen LogP contribution >= 0.6 is 46.5 Å². The van der Waals surface area contributed by atoms with Gasteiger partial charge in [0.25, 0.3) is 5.91 Å². The van der Waals surface area contributed by atoms with E-state index in [9.17, 15) is 9.90 Å². The summed E-state index contributed by atoms with van der Waals surface area (Å²) >= 11 is 10.6. The van der Waals surface area contributed by atoms with Crippen LogP contribution in [-0.4, -0.2) is 23.0 Å². The van der Waals surface area contributed by atoms with Gasteiger partial charge in [0.05, 0.1) is 12.0 Å². The largest absolute Gasteiger partial charge is 0.872 e. The molecular weight excluding hydrogens is 472 g/mol. The number of hydrogen-bond acceptors (Lipinski definition) is 7. The van der Waals surface area contributed by atoms with Crippen LogP contribution < -0.4 is 15.6 Å². The van der Waals surface area contributed by atoms with Crippen molar-refractivity contribution in [2.45, 2.75) is 20.9 Å². The van der Waals surface area contributed by atoms with E-state index in [0.717, 1.165) is 25.0 Å². The van der Waals surface area contributed by atoms with Crippen LogP contribution in [0.25, 0.3) is 0 Å². The molecule has 1 heterocycles. The van der Waals surface area contributed by atoms with Crippen molar-refractivity contribution in [3.63, 3.8) is 0 Å². The lowest BCUT2D eigenvalue weighted by Gasteiger charge is -2.15. The number of nitrogens with zero attached hydrogens (tertiary/aromatic N) is 2. The van der Waals surface area contributed by atoms with Gasteiger partial charge < -0.3 is 5.11 Å². The summed E-state index contributed by atoms with van der Waals surface area (Å²) in [6.07, 6.45) is 3.53. The van der Waals surface area contributed by atoms with E-state index in [1.807, 2.05) is 24.3 Å². The summed E-state index contributed by atoms with van der Waals surface area (Å²) in [5, 5.41) is 24.1. The summed E-state index contributed by atoms with van der Waals surface area (Å²) in [6.45, 7) is 3.64. The highest BCUT2D eigenvalue weighted by molar-refractivity contribution is 8.03. The molecule has 2 aromatic carbocycles. The lowest BCUT2D eigenvalue weighted by atomic mass is 10.1. The van der Waals surface area contributed by atoms with Crippen LogP contribution in [0.5, 0.6) is 5.75 Å². The molecule has 0 atom stereocenters. The molecule has 0 radical (unpaired) electrons. The Morgan fingerprint density at radius 1 is 1.26 bits per heavy atom. The second-order valence-corrected chi connectivity index (χ2v) is 10.0. The van der Waals surface area contributed by atoms with Crippen molar-refractivity contribution in [2.75, 3.05) is 5.75 Å². The zero-order chi connectivity index (χ0) is 22.1. The monoisotopic (exact) mass is 490 g/mol. The number of allylic oxidation sites excluding steroid dienone is 1. The second kappa shape index (κ2) is 11.9. The molecule has 1 aromatic heterocycles. The Labute approximate surface area is 197 Å². The molecule has 0 bridgehead atoms. The first-order valence-electron chi connectivity index (χ1n) is 9.16. The van der Waals surface area contributed by atoms with Crippen LogP contribution in [0.2, 0.25) is 5.02 Å². The van der Waals surface area contributed by atoms with Crippen molar-refractivity contribution in [3.05, 3.63) is 76.8 Å². The number of carbonyl (C=O) groups excluding carboxylic acids is 1. The van der Waals surface area contributed by atoms with E-state index >= 15 is 0 Å². The molecular formula is C21H19ClN4O2S3. The Hall–Kier alpha value is -2.33. The average molecular weight is 491 g/mol. The van der Waals surface area contributed by atoms with Gasteiger partial charge in [0.15, 0.2) is 0 Å².